The summed E-state index contributed by atoms with van der Waals surface area (Å²) in [5, 5.41) is 0. The average molecular weight is 505 g/mol. The molecule has 0 fully saturated rings. The van der Waals surface area contributed by atoms with E-state index in [4.69, 9.17) is 9.47 Å². The standard InChI is InChI=1S/C22H19Br2NO3/c1-4-9-27-20-17(23)10-14(11-18(20)24)12-19-22(26)28-21(25-19)16-7-5-15(6-8-16)13(2)3/h4-8,10-13H,1,9H2,2-3H3/b19-12-. The summed E-state index contributed by atoms with van der Waals surface area (Å²) in [6.45, 7) is 8.30. The number of cyclic esters (lactones) is 1. The van der Waals surface area contributed by atoms with Gasteiger partial charge in [-0.1, -0.05) is 38.6 Å². The maximum absolute atomic E-state index is 12.3. The van der Waals surface area contributed by atoms with E-state index in [1.807, 2.05) is 36.4 Å². The molecule has 0 N–H and O–H groups in total. The normalized spacial score (nSPS) is 15.0. The number of benzene rings is 2. The summed E-state index contributed by atoms with van der Waals surface area (Å²) in [5.41, 5.74) is 3.04. The van der Waals surface area contributed by atoms with Gasteiger partial charge >= 0.3 is 5.97 Å². The monoisotopic (exact) mass is 503 g/mol. The fraction of sp³-hybridized carbons (Fsp3) is 0.182. The van der Waals surface area contributed by atoms with Crippen molar-refractivity contribution in [2.45, 2.75) is 19.8 Å². The number of hydrogen-bond donors (Lipinski definition) is 0. The summed E-state index contributed by atoms with van der Waals surface area (Å²) in [5.74, 6) is 0.955. The summed E-state index contributed by atoms with van der Waals surface area (Å²) < 4.78 is 12.5. The number of hydrogen-bond acceptors (Lipinski definition) is 4. The molecule has 0 aromatic heterocycles. The first kappa shape index (κ1) is 20.6. The van der Waals surface area contributed by atoms with E-state index in [2.05, 4.69) is 57.3 Å². The van der Waals surface area contributed by atoms with Crippen molar-refractivity contribution in [1.29, 1.82) is 0 Å². The van der Waals surface area contributed by atoms with Crippen molar-refractivity contribution in [1.82, 2.24) is 0 Å². The van der Waals surface area contributed by atoms with Gasteiger partial charge in [-0.15, -0.1) is 0 Å². The highest BCUT2D eigenvalue weighted by Gasteiger charge is 2.24. The summed E-state index contributed by atoms with van der Waals surface area (Å²) in [7, 11) is 0. The Morgan fingerprint density at radius 2 is 1.82 bits per heavy atom. The van der Waals surface area contributed by atoms with E-state index in [0.29, 0.717) is 24.2 Å². The van der Waals surface area contributed by atoms with Crippen molar-refractivity contribution < 1.29 is 14.3 Å². The minimum absolute atomic E-state index is 0.251. The number of carbonyl (C=O) groups excluding carboxylic acids is 1. The zero-order chi connectivity index (χ0) is 20.3. The third-order valence-corrected chi connectivity index (χ3v) is 5.29. The molecule has 0 saturated carbocycles. The Bertz CT molecular complexity index is 953. The largest absolute Gasteiger partial charge is 0.487 e. The Labute approximate surface area is 181 Å². The van der Waals surface area contributed by atoms with Crippen LogP contribution in [-0.2, 0) is 9.53 Å². The topological polar surface area (TPSA) is 47.9 Å². The van der Waals surface area contributed by atoms with Gasteiger partial charge in [-0.25, -0.2) is 9.79 Å². The Morgan fingerprint density at radius 3 is 2.39 bits per heavy atom. The SMILES string of the molecule is C=CCOc1c(Br)cc(/C=C2\N=C(c3ccc(C(C)C)cc3)OC2=O)cc1Br. The molecule has 1 aliphatic rings. The van der Waals surface area contributed by atoms with Crippen molar-refractivity contribution in [3.63, 3.8) is 0 Å². The highest BCUT2D eigenvalue weighted by Crippen LogP contribution is 2.35. The molecule has 4 nitrogen and oxygen atoms in total. The molecule has 0 atom stereocenters. The van der Waals surface area contributed by atoms with Gasteiger partial charge in [0.25, 0.3) is 0 Å². The second kappa shape index (κ2) is 8.88. The minimum Gasteiger partial charge on any atom is -0.487 e. The van der Waals surface area contributed by atoms with E-state index in [1.165, 1.54) is 5.56 Å². The van der Waals surface area contributed by atoms with Crippen LogP contribution >= 0.6 is 31.9 Å². The molecule has 0 aliphatic carbocycles. The van der Waals surface area contributed by atoms with Crippen LogP contribution in [0.4, 0.5) is 0 Å². The van der Waals surface area contributed by atoms with E-state index >= 15 is 0 Å². The molecule has 0 amide bonds. The Balaban J connectivity index is 1.88. The van der Waals surface area contributed by atoms with E-state index in [1.54, 1.807) is 12.2 Å². The van der Waals surface area contributed by atoms with Crippen molar-refractivity contribution in [3.8, 4) is 5.75 Å². The van der Waals surface area contributed by atoms with Gasteiger partial charge in [-0.2, -0.15) is 0 Å². The quantitative estimate of drug-likeness (QED) is 0.265. The summed E-state index contributed by atoms with van der Waals surface area (Å²) >= 11 is 6.98. The third kappa shape index (κ3) is 4.62. The van der Waals surface area contributed by atoms with E-state index in [-0.39, 0.29) is 5.70 Å². The van der Waals surface area contributed by atoms with Crippen LogP contribution in [0.25, 0.3) is 6.08 Å². The van der Waals surface area contributed by atoms with Gasteiger partial charge in [0.2, 0.25) is 5.90 Å². The van der Waals surface area contributed by atoms with Crippen LogP contribution in [0.2, 0.25) is 0 Å². The molecule has 2 aromatic rings. The number of esters is 1. The maximum atomic E-state index is 12.3. The van der Waals surface area contributed by atoms with E-state index in [9.17, 15) is 4.79 Å². The number of rotatable bonds is 6. The lowest BCUT2D eigenvalue weighted by molar-refractivity contribution is -0.129. The summed E-state index contributed by atoms with van der Waals surface area (Å²) in [6.07, 6.45) is 3.36. The number of aliphatic imine (C=N–C) groups is 1. The molecule has 1 aliphatic heterocycles. The van der Waals surface area contributed by atoms with Crippen molar-refractivity contribution in [3.05, 3.63) is 80.4 Å². The van der Waals surface area contributed by atoms with E-state index in [0.717, 1.165) is 20.1 Å². The minimum atomic E-state index is -0.470. The van der Waals surface area contributed by atoms with E-state index < -0.39 is 5.97 Å². The van der Waals surface area contributed by atoms with Gasteiger partial charge in [-0.3, -0.25) is 0 Å². The second-order valence-corrected chi connectivity index (χ2v) is 8.23. The molecule has 144 valence electrons. The Hall–Kier alpha value is -2.18. The first-order valence-corrected chi connectivity index (χ1v) is 10.3. The maximum Gasteiger partial charge on any atom is 0.363 e. The number of nitrogens with zero attached hydrogens (tertiary/aromatic N) is 1. The van der Waals surface area contributed by atoms with Gasteiger partial charge in [0.1, 0.15) is 12.4 Å². The molecule has 0 unspecified atom stereocenters. The summed E-state index contributed by atoms with van der Waals surface area (Å²) in [6, 6.07) is 11.6. The van der Waals surface area contributed by atoms with Crippen LogP contribution in [0.5, 0.6) is 5.75 Å². The van der Waals surface area contributed by atoms with Crippen molar-refractivity contribution >= 4 is 49.8 Å². The Morgan fingerprint density at radius 1 is 1.18 bits per heavy atom. The predicted molar refractivity (Wildman–Crippen MR) is 119 cm³/mol. The molecule has 0 bridgehead atoms. The van der Waals surface area contributed by atoms with Crippen LogP contribution in [0.15, 0.2) is 68.7 Å². The lowest BCUT2D eigenvalue weighted by atomic mass is 10.0. The Kier molecular flexibility index (Phi) is 6.52. The third-order valence-electron chi connectivity index (χ3n) is 4.11. The fourth-order valence-electron chi connectivity index (χ4n) is 2.64. The molecule has 28 heavy (non-hydrogen) atoms. The van der Waals surface area contributed by atoms with Gasteiger partial charge in [-0.05, 0) is 79.2 Å². The van der Waals surface area contributed by atoms with Gasteiger partial charge < -0.3 is 9.47 Å². The molecular formula is C22H19Br2NO3. The first-order valence-electron chi connectivity index (χ1n) is 8.74. The van der Waals surface area contributed by atoms with Gasteiger partial charge in [0.05, 0.1) is 8.95 Å². The lowest BCUT2D eigenvalue weighted by Crippen LogP contribution is -2.05. The van der Waals surface area contributed by atoms with Crippen molar-refractivity contribution in [2.75, 3.05) is 6.61 Å². The molecule has 0 saturated heterocycles. The predicted octanol–water partition coefficient (Wildman–Crippen LogP) is 6.24. The van der Waals surface area contributed by atoms with Crippen molar-refractivity contribution in [2.24, 2.45) is 4.99 Å². The van der Waals surface area contributed by atoms with Gasteiger partial charge in [0.15, 0.2) is 5.70 Å². The number of ether oxygens (including phenoxy) is 2. The molecule has 3 rings (SSSR count). The van der Waals surface area contributed by atoms with Crippen LogP contribution < -0.4 is 4.74 Å². The highest BCUT2D eigenvalue weighted by molar-refractivity contribution is 9.11. The highest BCUT2D eigenvalue weighted by atomic mass is 79.9. The lowest BCUT2D eigenvalue weighted by Gasteiger charge is -2.09. The molecule has 0 radical (unpaired) electrons. The molecule has 2 aromatic carbocycles. The molecule has 0 spiro atoms. The zero-order valence-corrected chi connectivity index (χ0v) is 18.7. The van der Waals surface area contributed by atoms with Crippen LogP contribution in [0.3, 0.4) is 0 Å². The fourth-order valence-corrected chi connectivity index (χ4v) is 4.09. The second-order valence-electron chi connectivity index (χ2n) is 6.53. The molecular weight excluding hydrogens is 486 g/mol. The zero-order valence-electron chi connectivity index (χ0n) is 15.5. The van der Waals surface area contributed by atoms with Crippen LogP contribution in [0.1, 0.15) is 36.5 Å². The van der Waals surface area contributed by atoms with Crippen LogP contribution in [0, 0.1) is 0 Å². The first-order chi connectivity index (χ1) is 13.4. The molecule has 6 heteroatoms. The number of carbonyl (C=O) groups is 1. The average Bonchev–Trinajstić information content (AvgIpc) is 3.01. The number of halogens is 2. The summed E-state index contributed by atoms with van der Waals surface area (Å²) in [4.78, 5) is 16.6. The van der Waals surface area contributed by atoms with Crippen LogP contribution in [-0.4, -0.2) is 18.5 Å². The van der Waals surface area contributed by atoms with Gasteiger partial charge in [0, 0.05) is 5.56 Å². The molecule has 1 heterocycles. The smallest absolute Gasteiger partial charge is 0.363 e.